The van der Waals surface area contributed by atoms with Gasteiger partial charge < -0.3 is 1.43 Å². The summed E-state index contributed by atoms with van der Waals surface area (Å²) in [7, 11) is -3.97. The molecule has 0 saturated heterocycles. The Morgan fingerprint density at radius 2 is 2.00 bits per heavy atom. The molecule has 0 aromatic carbocycles. The molecule has 58 valence electrons. The van der Waals surface area contributed by atoms with Gasteiger partial charge in [0.2, 0.25) is 0 Å². The first-order valence-electron chi connectivity index (χ1n) is 2.64. The van der Waals surface area contributed by atoms with Crippen LogP contribution in [0.3, 0.4) is 0 Å². The van der Waals surface area contributed by atoms with Gasteiger partial charge in [-0.05, 0) is 5.92 Å². The van der Waals surface area contributed by atoms with E-state index in [1.807, 2.05) is 18.6 Å². The van der Waals surface area contributed by atoms with E-state index in [0.29, 0.717) is 0 Å². The second-order valence-corrected chi connectivity index (χ2v) is 3.46. The Morgan fingerprint density at radius 1 is 1.60 bits per heavy atom. The van der Waals surface area contributed by atoms with Gasteiger partial charge in [-0.3, -0.25) is 4.55 Å². The van der Waals surface area contributed by atoms with E-state index < -0.39 is 10.3 Å². The molecule has 0 fully saturated rings. The fraction of sp³-hybridized carbons (Fsp3) is 1.00. The third-order valence-corrected chi connectivity index (χ3v) is 1.21. The molecule has 10 heavy (non-hydrogen) atoms. The zero-order valence-electron chi connectivity index (χ0n) is 7.46. The van der Waals surface area contributed by atoms with Crippen LogP contribution in [0.25, 0.3) is 0 Å². The van der Waals surface area contributed by atoms with Crippen molar-refractivity contribution < 1.29 is 44.0 Å². The van der Waals surface area contributed by atoms with Gasteiger partial charge in [0.05, 0.1) is 0 Å². The van der Waals surface area contributed by atoms with E-state index in [9.17, 15) is 8.42 Å². The number of rotatable bonds is 3. The Labute approximate surface area is 85.0 Å². The van der Waals surface area contributed by atoms with Crippen LogP contribution in [0.4, 0.5) is 0 Å². The minimum absolute atomic E-state index is 0. The van der Waals surface area contributed by atoms with E-state index in [4.69, 9.17) is 4.55 Å². The van der Waals surface area contributed by atoms with Gasteiger partial charge in [-0.2, -0.15) is 13.1 Å². The summed E-state index contributed by atoms with van der Waals surface area (Å²) < 4.78 is 30.0. The van der Waals surface area contributed by atoms with Gasteiger partial charge in [-0.15, -0.1) is 0 Å². The summed E-state index contributed by atoms with van der Waals surface area (Å²) >= 11 is 0. The molecule has 0 aliphatic carbocycles. The molecule has 0 aromatic rings. The van der Waals surface area contributed by atoms with Crippen LogP contribution in [-0.2, 0) is 10.3 Å². The Kier molecular flexibility index (Phi) is 7.42. The van der Waals surface area contributed by atoms with Crippen molar-refractivity contribution >= 4 is 10.3 Å². The molecule has 0 saturated carbocycles. The van der Waals surface area contributed by atoms with Crippen molar-refractivity contribution in [3.05, 3.63) is 0 Å². The number of hydrogen-bond acceptors (Lipinski definition) is 2. The number of hydrogen-bond donors (Lipinski definition) is 2. The molecule has 0 aliphatic rings. The average molecular weight is 177 g/mol. The summed E-state index contributed by atoms with van der Waals surface area (Å²) in [6.07, 6.45) is 0. The maximum atomic E-state index is 9.98. The molecule has 0 aromatic heterocycles. The molecule has 2 N–H and O–H groups in total. The maximum absolute atomic E-state index is 9.98. The molecular formula is C4H12NNaO3S. The zero-order chi connectivity index (χ0) is 7.49. The van der Waals surface area contributed by atoms with Crippen LogP contribution in [0.15, 0.2) is 0 Å². The van der Waals surface area contributed by atoms with Gasteiger partial charge >= 0.3 is 39.9 Å². The molecule has 0 unspecified atom stereocenters. The van der Waals surface area contributed by atoms with Crippen LogP contribution in [0.1, 0.15) is 15.3 Å². The van der Waals surface area contributed by atoms with Crippen molar-refractivity contribution in [1.29, 1.82) is 0 Å². The minimum atomic E-state index is -3.97. The van der Waals surface area contributed by atoms with Gasteiger partial charge in [0, 0.05) is 6.54 Å². The van der Waals surface area contributed by atoms with Crippen molar-refractivity contribution in [3.8, 4) is 0 Å². The SMILES string of the molecule is CC(C)CNS(=O)(=O)O.[H-].[Na+]. The largest absolute Gasteiger partial charge is 1.00 e. The van der Waals surface area contributed by atoms with Gasteiger partial charge in [-0.25, -0.2) is 0 Å². The quantitative estimate of drug-likeness (QED) is 0.360. The zero-order valence-corrected chi connectivity index (χ0v) is 9.27. The van der Waals surface area contributed by atoms with E-state index in [2.05, 4.69) is 0 Å². The molecule has 0 radical (unpaired) electrons. The van der Waals surface area contributed by atoms with Crippen LogP contribution in [0.2, 0.25) is 0 Å². The molecular weight excluding hydrogens is 165 g/mol. The first-order chi connectivity index (χ1) is 3.92. The second kappa shape index (κ2) is 5.51. The Hall–Kier alpha value is 0.870. The molecule has 0 amide bonds. The molecule has 0 spiro atoms. The smallest absolute Gasteiger partial charge is 1.00 e. The van der Waals surface area contributed by atoms with Gasteiger partial charge in [0.25, 0.3) is 0 Å². The van der Waals surface area contributed by atoms with Crippen LogP contribution in [0, 0.1) is 5.92 Å². The normalized spacial score (nSPS) is 11.2. The maximum Gasteiger partial charge on any atom is 1.00 e. The summed E-state index contributed by atoms with van der Waals surface area (Å²) in [4.78, 5) is 0. The van der Waals surface area contributed by atoms with Crippen LogP contribution in [-0.4, -0.2) is 19.5 Å². The van der Waals surface area contributed by atoms with Crippen LogP contribution >= 0.6 is 0 Å². The molecule has 0 atom stereocenters. The van der Waals surface area contributed by atoms with Gasteiger partial charge in [0.15, 0.2) is 0 Å². The molecule has 0 bridgehead atoms. The Morgan fingerprint density at radius 3 is 2.10 bits per heavy atom. The summed E-state index contributed by atoms with van der Waals surface area (Å²) in [6.45, 7) is 3.97. The fourth-order valence-corrected chi connectivity index (χ4v) is 0.816. The first-order valence-corrected chi connectivity index (χ1v) is 4.08. The minimum Gasteiger partial charge on any atom is -1.00 e. The van der Waals surface area contributed by atoms with E-state index >= 15 is 0 Å². The predicted molar refractivity (Wildman–Crippen MR) is 35.5 cm³/mol. The van der Waals surface area contributed by atoms with Gasteiger partial charge in [-0.1, -0.05) is 13.8 Å². The summed E-state index contributed by atoms with van der Waals surface area (Å²) in [5.74, 6) is 0.215. The number of nitrogens with one attached hydrogen (secondary N) is 1. The topological polar surface area (TPSA) is 66.4 Å². The van der Waals surface area contributed by atoms with E-state index in [1.54, 1.807) is 0 Å². The summed E-state index contributed by atoms with van der Waals surface area (Å²) in [6, 6.07) is 0. The Bertz CT molecular complexity index is 170. The van der Waals surface area contributed by atoms with Crippen LogP contribution in [0.5, 0.6) is 0 Å². The average Bonchev–Trinajstić information content (AvgIpc) is 1.59. The Balaban J connectivity index is -0.000000320. The predicted octanol–water partition coefficient (Wildman–Crippen LogP) is -2.85. The van der Waals surface area contributed by atoms with Crippen molar-refractivity contribution in [2.45, 2.75) is 13.8 Å². The van der Waals surface area contributed by atoms with Crippen molar-refractivity contribution in [2.75, 3.05) is 6.54 Å². The van der Waals surface area contributed by atoms with E-state index in [-0.39, 0.29) is 43.4 Å². The standard InChI is InChI=1S/C4H11NO3S.Na.H/c1-4(2)3-5-9(6,7)8;;/h4-5H,3H2,1-2H3,(H,6,7,8);;/q;+1;-1. The van der Waals surface area contributed by atoms with E-state index in [0.717, 1.165) is 0 Å². The monoisotopic (exact) mass is 177 g/mol. The third-order valence-electron chi connectivity index (χ3n) is 0.674. The molecule has 6 heteroatoms. The molecule has 4 nitrogen and oxygen atoms in total. The molecule has 0 rings (SSSR count). The third kappa shape index (κ3) is 11.6. The fourth-order valence-electron chi connectivity index (χ4n) is 0.272. The second-order valence-electron chi connectivity index (χ2n) is 2.22. The summed E-state index contributed by atoms with van der Waals surface area (Å²) in [5, 5.41) is 0. The molecule has 0 aliphatic heterocycles. The van der Waals surface area contributed by atoms with Crippen molar-refractivity contribution in [1.82, 2.24) is 4.72 Å². The van der Waals surface area contributed by atoms with E-state index in [1.165, 1.54) is 0 Å². The summed E-state index contributed by atoms with van der Waals surface area (Å²) in [5.41, 5.74) is 0. The van der Waals surface area contributed by atoms with Crippen molar-refractivity contribution in [2.24, 2.45) is 5.92 Å². The molecule has 0 heterocycles. The van der Waals surface area contributed by atoms with Crippen LogP contribution < -0.4 is 34.3 Å². The van der Waals surface area contributed by atoms with Gasteiger partial charge in [0.1, 0.15) is 0 Å². The first kappa shape index (κ1) is 13.5. The van der Waals surface area contributed by atoms with Crippen molar-refractivity contribution in [3.63, 3.8) is 0 Å².